The number of anilines is 1. The third kappa shape index (κ3) is 2.97. The van der Waals surface area contributed by atoms with Crippen LogP contribution >= 0.6 is 0 Å². The topological polar surface area (TPSA) is 69.1 Å². The molecule has 5 heteroatoms. The quantitative estimate of drug-likeness (QED) is 0.442. The molecule has 0 spiro atoms. The molecule has 4 N–H and O–H groups in total. The second-order valence-electron chi connectivity index (χ2n) is 2.90. The summed E-state index contributed by atoms with van der Waals surface area (Å²) in [6.07, 6.45) is -1.82. The summed E-state index contributed by atoms with van der Waals surface area (Å²) in [5.41, 5.74) is 11.5. The van der Waals surface area contributed by atoms with E-state index in [0.717, 1.165) is 5.56 Å². The van der Waals surface area contributed by atoms with Crippen LogP contribution in [0.4, 0.5) is 10.1 Å². The molecule has 72 valence electrons. The van der Waals surface area contributed by atoms with E-state index >= 15 is 0 Å². The minimum Gasteiger partial charge on any atom is -1.00 e. The van der Waals surface area contributed by atoms with Crippen molar-refractivity contribution in [1.29, 1.82) is 0 Å². The second kappa shape index (κ2) is 5.34. The molecule has 0 fully saturated rings. The first-order chi connectivity index (χ1) is 6.02. The van der Waals surface area contributed by atoms with Gasteiger partial charge in [-0.3, -0.25) is 4.79 Å². The molecular formula is C9H12FN2NaO. The third-order valence-electron chi connectivity index (χ3n) is 1.77. The molecule has 1 aromatic rings. The summed E-state index contributed by atoms with van der Waals surface area (Å²) < 4.78 is 13.1. The van der Waals surface area contributed by atoms with E-state index in [2.05, 4.69) is 0 Å². The molecule has 1 amide bonds. The molecule has 0 aliphatic rings. The molecule has 1 atom stereocenters. The first kappa shape index (κ1) is 13.4. The zero-order valence-electron chi connectivity index (χ0n) is 9.25. The number of nitrogen functional groups attached to an aromatic ring is 1. The summed E-state index contributed by atoms with van der Waals surface area (Å²) >= 11 is 0. The van der Waals surface area contributed by atoms with Crippen LogP contribution < -0.4 is 41.0 Å². The fourth-order valence-electron chi connectivity index (χ4n) is 1.07. The molecule has 0 bridgehead atoms. The van der Waals surface area contributed by atoms with Crippen molar-refractivity contribution in [2.45, 2.75) is 13.1 Å². The number of hydrogen-bond acceptors (Lipinski definition) is 2. The van der Waals surface area contributed by atoms with Gasteiger partial charge in [0, 0.05) is 11.3 Å². The van der Waals surface area contributed by atoms with Gasteiger partial charge in [-0.2, -0.15) is 0 Å². The van der Waals surface area contributed by atoms with Gasteiger partial charge in [0.25, 0.3) is 5.91 Å². The van der Waals surface area contributed by atoms with Crippen molar-refractivity contribution in [3.05, 3.63) is 29.3 Å². The molecule has 14 heavy (non-hydrogen) atoms. The maximum Gasteiger partial charge on any atom is 1.00 e. The fourth-order valence-corrected chi connectivity index (χ4v) is 1.07. The maximum absolute atomic E-state index is 13.1. The van der Waals surface area contributed by atoms with Crippen LogP contribution in [0.2, 0.25) is 0 Å². The normalized spacial score (nSPS) is 11.6. The fraction of sp³-hybridized carbons (Fsp3) is 0.222. The summed E-state index contributed by atoms with van der Waals surface area (Å²) in [5, 5.41) is 0. The average molecular weight is 206 g/mol. The van der Waals surface area contributed by atoms with Crippen LogP contribution in [0.5, 0.6) is 0 Å². The number of nitrogens with two attached hydrogens (primary N) is 2. The van der Waals surface area contributed by atoms with Crippen LogP contribution in [0.25, 0.3) is 0 Å². The van der Waals surface area contributed by atoms with Crippen molar-refractivity contribution in [1.82, 2.24) is 0 Å². The van der Waals surface area contributed by atoms with Crippen molar-refractivity contribution >= 4 is 11.6 Å². The summed E-state index contributed by atoms with van der Waals surface area (Å²) in [4.78, 5) is 10.6. The largest absolute Gasteiger partial charge is 1.00 e. The predicted molar refractivity (Wildman–Crippen MR) is 49.7 cm³/mol. The number of hydrogen-bond donors (Lipinski definition) is 2. The number of rotatable bonds is 2. The number of aryl methyl sites for hydroxylation is 1. The number of benzene rings is 1. The standard InChI is InChI=1S/C9H11FN2O.Na.H/c1-5-2-3-7(11)6(4-5)8(10)9(12)13;;/h2-4,8H,11H2,1H3,(H2,12,13);;/q;+1;-1. The number of alkyl halides is 1. The minimum atomic E-state index is -1.82. The Morgan fingerprint density at radius 2 is 2.14 bits per heavy atom. The van der Waals surface area contributed by atoms with Crippen molar-refractivity contribution in [2.75, 3.05) is 5.73 Å². The number of carbonyl (C=O) groups is 1. The van der Waals surface area contributed by atoms with Crippen molar-refractivity contribution < 1.29 is 40.2 Å². The zero-order chi connectivity index (χ0) is 10.0. The molecule has 3 nitrogen and oxygen atoms in total. The molecule has 0 saturated heterocycles. The van der Waals surface area contributed by atoms with E-state index in [0.29, 0.717) is 0 Å². The third-order valence-corrected chi connectivity index (χ3v) is 1.77. The number of carbonyl (C=O) groups excluding carboxylic acids is 1. The van der Waals surface area contributed by atoms with Crippen LogP contribution in [0.1, 0.15) is 18.7 Å². The maximum atomic E-state index is 13.1. The van der Waals surface area contributed by atoms with Crippen LogP contribution in [0.15, 0.2) is 18.2 Å². The summed E-state index contributed by atoms with van der Waals surface area (Å²) in [5.74, 6) is -1.02. The van der Waals surface area contributed by atoms with Gasteiger partial charge in [0.2, 0.25) is 6.17 Å². The zero-order valence-corrected chi connectivity index (χ0v) is 10.3. The van der Waals surface area contributed by atoms with Gasteiger partial charge in [-0.25, -0.2) is 4.39 Å². The van der Waals surface area contributed by atoms with Gasteiger partial charge in [0.15, 0.2) is 0 Å². The van der Waals surface area contributed by atoms with Gasteiger partial charge < -0.3 is 12.9 Å². The summed E-state index contributed by atoms with van der Waals surface area (Å²) in [6.45, 7) is 1.79. The molecule has 1 aromatic carbocycles. The van der Waals surface area contributed by atoms with Gasteiger partial charge >= 0.3 is 29.6 Å². The van der Waals surface area contributed by atoms with Crippen molar-refractivity contribution in [2.24, 2.45) is 5.73 Å². The smallest absolute Gasteiger partial charge is 1.00 e. The molecular weight excluding hydrogens is 194 g/mol. The second-order valence-corrected chi connectivity index (χ2v) is 2.90. The van der Waals surface area contributed by atoms with Crippen molar-refractivity contribution in [3.63, 3.8) is 0 Å². The van der Waals surface area contributed by atoms with E-state index in [1.165, 1.54) is 6.07 Å². The summed E-state index contributed by atoms with van der Waals surface area (Å²) in [7, 11) is 0. The van der Waals surface area contributed by atoms with E-state index in [1.54, 1.807) is 19.1 Å². The molecule has 0 saturated carbocycles. The average Bonchev–Trinajstić information content (AvgIpc) is 2.08. The molecule has 0 heterocycles. The number of primary amides is 1. The molecule has 0 aromatic heterocycles. The Labute approximate surface area is 105 Å². The van der Waals surface area contributed by atoms with Crippen LogP contribution in [-0.4, -0.2) is 5.91 Å². The monoisotopic (exact) mass is 206 g/mol. The SMILES string of the molecule is Cc1ccc(N)c(C(F)C(N)=O)c1.[H-].[Na+]. The van der Waals surface area contributed by atoms with Crippen LogP contribution in [-0.2, 0) is 4.79 Å². The van der Waals surface area contributed by atoms with E-state index < -0.39 is 12.1 Å². The van der Waals surface area contributed by atoms with Gasteiger partial charge in [-0.05, 0) is 13.0 Å². The Bertz CT molecular complexity index is 349. The molecule has 0 aliphatic carbocycles. The molecule has 0 aliphatic heterocycles. The molecule has 1 unspecified atom stereocenters. The van der Waals surface area contributed by atoms with E-state index in [-0.39, 0.29) is 42.2 Å². The predicted octanol–water partition coefficient (Wildman–Crippen LogP) is -1.81. The first-order valence-electron chi connectivity index (χ1n) is 3.82. The first-order valence-corrected chi connectivity index (χ1v) is 3.82. The number of halogens is 1. The van der Waals surface area contributed by atoms with E-state index in [1.807, 2.05) is 0 Å². The summed E-state index contributed by atoms with van der Waals surface area (Å²) in [6, 6.07) is 4.82. The van der Waals surface area contributed by atoms with Gasteiger partial charge in [-0.15, -0.1) is 0 Å². The minimum absolute atomic E-state index is 0. The van der Waals surface area contributed by atoms with Gasteiger partial charge in [0.1, 0.15) is 0 Å². The molecule has 0 radical (unpaired) electrons. The Kier molecular flexibility index (Phi) is 5.12. The Hall–Kier alpha value is -0.580. The van der Waals surface area contributed by atoms with Crippen LogP contribution in [0, 0.1) is 6.92 Å². The Morgan fingerprint density at radius 3 is 2.64 bits per heavy atom. The van der Waals surface area contributed by atoms with Gasteiger partial charge in [0.05, 0.1) is 0 Å². The van der Waals surface area contributed by atoms with Gasteiger partial charge in [-0.1, -0.05) is 17.7 Å². The van der Waals surface area contributed by atoms with Crippen molar-refractivity contribution in [3.8, 4) is 0 Å². The van der Waals surface area contributed by atoms with Crippen LogP contribution in [0.3, 0.4) is 0 Å². The van der Waals surface area contributed by atoms with E-state index in [9.17, 15) is 9.18 Å². The Morgan fingerprint density at radius 1 is 1.57 bits per heavy atom. The molecule has 1 rings (SSSR count). The number of amides is 1. The Balaban J connectivity index is 0. The van der Waals surface area contributed by atoms with E-state index in [4.69, 9.17) is 11.5 Å².